The molecule has 3 heteroatoms. The van der Waals surface area contributed by atoms with Crippen molar-refractivity contribution in [2.24, 2.45) is 0 Å². The minimum absolute atomic E-state index is 0.228. The van der Waals surface area contributed by atoms with Gasteiger partial charge in [0, 0.05) is 22.9 Å². The summed E-state index contributed by atoms with van der Waals surface area (Å²) in [5.74, 6) is 0.393. The first-order chi connectivity index (χ1) is 9.12. The molecule has 0 aromatic heterocycles. The molecule has 0 heterocycles. The lowest BCUT2D eigenvalue weighted by Crippen LogP contribution is -2.38. The molecule has 1 aromatic rings. The molecule has 0 saturated carbocycles. The Hall–Kier alpha value is -0.670. The molecule has 0 amide bonds. The highest BCUT2D eigenvalue weighted by Crippen LogP contribution is 2.32. The second-order valence-electron chi connectivity index (χ2n) is 4.99. The zero-order chi connectivity index (χ0) is 14.3. The van der Waals surface area contributed by atoms with E-state index in [0.717, 1.165) is 31.4 Å². The monoisotopic (exact) mass is 281 g/mol. The summed E-state index contributed by atoms with van der Waals surface area (Å²) in [7, 11) is 0. The Bertz CT molecular complexity index is 369. The number of para-hydroxylation sites is 1. The van der Waals surface area contributed by atoms with Crippen LogP contribution in [-0.2, 0) is 0 Å². The minimum atomic E-state index is 0.228. The number of benzene rings is 1. The Balaban J connectivity index is 2.76. The molecular formula is C16H27NOS. The summed E-state index contributed by atoms with van der Waals surface area (Å²) in [6, 6.07) is 7.86. The van der Waals surface area contributed by atoms with Gasteiger partial charge in [0.1, 0.15) is 5.75 Å². The fourth-order valence-corrected chi connectivity index (χ4v) is 3.23. The molecule has 0 aliphatic heterocycles. The molecule has 108 valence electrons. The van der Waals surface area contributed by atoms with Gasteiger partial charge in [-0.1, -0.05) is 39.0 Å². The Morgan fingerprint density at radius 3 is 2.32 bits per heavy atom. The van der Waals surface area contributed by atoms with Crippen LogP contribution in [0.2, 0.25) is 0 Å². The molecular weight excluding hydrogens is 254 g/mol. The van der Waals surface area contributed by atoms with Crippen LogP contribution in [0.5, 0.6) is 5.75 Å². The first-order valence-corrected chi connectivity index (χ1v) is 8.41. The van der Waals surface area contributed by atoms with Crippen molar-refractivity contribution in [1.82, 2.24) is 5.32 Å². The number of nitrogens with one attached hydrogen (secondary N) is 1. The molecule has 1 unspecified atom stereocenters. The van der Waals surface area contributed by atoms with Crippen LogP contribution in [0, 0.1) is 0 Å². The molecule has 0 aliphatic rings. The van der Waals surface area contributed by atoms with E-state index in [-0.39, 0.29) is 6.04 Å². The van der Waals surface area contributed by atoms with Crippen molar-refractivity contribution >= 4 is 11.8 Å². The third kappa shape index (κ3) is 4.15. The van der Waals surface area contributed by atoms with Gasteiger partial charge in [-0.3, -0.25) is 0 Å². The van der Waals surface area contributed by atoms with E-state index in [0.29, 0.717) is 10.5 Å². The molecule has 2 N–H and O–H groups in total. The molecule has 2 nitrogen and oxygen atoms in total. The van der Waals surface area contributed by atoms with Gasteiger partial charge in [0.25, 0.3) is 0 Å². The SMILES string of the molecule is CCC(NCC(CC)(CC)SC)c1ccccc1O. The molecule has 0 aliphatic carbocycles. The molecule has 0 saturated heterocycles. The fourth-order valence-electron chi connectivity index (χ4n) is 2.43. The largest absolute Gasteiger partial charge is 0.508 e. The van der Waals surface area contributed by atoms with Crippen molar-refractivity contribution in [3.63, 3.8) is 0 Å². The van der Waals surface area contributed by atoms with Gasteiger partial charge < -0.3 is 10.4 Å². The third-order valence-corrected chi connectivity index (χ3v) is 5.70. The Kier molecular flexibility index (Phi) is 6.73. The van der Waals surface area contributed by atoms with Gasteiger partial charge in [-0.05, 0) is 31.6 Å². The molecule has 0 spiro atoms. The highest BCUT2D eigenvalue weighted by atomic mass is 32.2. The molecule has 0 bridgehead atoms. The predicted molar refractivity (Wildman–Crippen MR) is 86.0 cm³/mol. The number of aromatic hydroxyl groups is 1. The molecule has 0 radical (unpaired) electrons. The van der Waals surface area contributed by atoms with Gasteiger partial charge in [-0.15, -0.1) is 0 Å². The predicted octanol–water partition coefficient (Wildman–Crippen LogP) is 4.35. The van der Waals surface area contributed by atoms with Gasteiger partial charge in [0.15, 0.2) is 0 Å². The van der Waals surface area contributed by atoms with E-state index in [9.17, 15) is 5.11 Å². The van der Waals surface area contributed by atoms with Gasteiger partial charge >= 0.3 is 0 Å². The normalized spacial score (nSPS) is 13.5. The second kappa shape index (κ2) is 7.81. The van der Waals surface area contributed by atoms with Crippen molar-refractivity contribution in [3.8, 4) is 5.75 Å². The maximum atomic E-state index is 9.97. The standard InChI is InChI=1S/C16H27NOS/c1-5-14(13-10-8-9-11-15(13)18)17-12-16(6-2,7-3)19-4/h8-11,14,17-18H,5-7,12H2,1-4H3. The van der Waals surface area contributed by atoms with Crippen molar-refractivity contribution in [2.75, 3.05) is 12.8 Å². The van der Waals surface area contributed by atoms with E-state index in [1.807, 2.05) is 30.0 Å². The highest BCUT2D eigenvalue weighted by Gasteiger charge is 2.26. The van der Waals surface area contributed by atoms with E-state index >= 15 is 0 Å². The quantitative estimate of drug-likeness (QED) is 0.743. The Morgan fingerprint density at radius 1 is 1.21 bits per heavy atom. The van der Waals surface area contributed by atoms with E-state index < -0.39 is 0 Å². The number of hydrogen-bond donors (Lipinski definition) is 2. The summed E-state index contributed by atoms with van der Waals surface area (Å²) in [6.07, 6.45) is 5.49. The lowest BCUT2D eigenvalue weighted by atomic mass is 9.99. The molecule has 1 atom stereocenters. The van der Waals surface area contributed by atoms with Crippen LogP contribution in [0.15, 0.2) is 24.3 Å². The van der Waals surface area contributed by atoms with Crippen molar-refractivity contribution in [3.05, 3.63) is 29.8 Å². The fraction of sp³-hybridized carbons (Fsp3) is 0.625. The second-order valence-corrected chi connectivity index (χ2v) is 6.27. The third-order valence-electron chi connectivity index (χ3n) is 4.11. The highest BCUT2D eigenvalue weighted by molar-refractivity contribution is 8.00. The van der Waals surface area contributed by atoms with Gasteiger partial charge in [-0.2, -0.15) is 11.8 Å². The Labute approximate surface area is 122 Å². The smallest absolute Gasteiger partial charge is 0.120 e. The molecule has 1 rings (SSSR count). The van der Waals surface area contributed by atoms with Crippen molar-refractivity contribution in [1.29, 1.82) is 0 Å². The number of phenolic OH excluding ortho intramolecular Hbond substituents is 1. The topological polar surface area (TPSA) is 32.3 Å². The van der Waals surface area contributed by atoms with Gasteiger partial charge in [-0.25, -0.2) is 0 Å². The zero-order valence-corrected chi connectivity index (χ0v) is 13.4. The number of hydrogen-bond acceptors (Lipinski definition) is 3. The van der Waals surface area contributed by atoms with Crippen LogP contribution < -0.4 is 5.32 Å². The maximum Gasteiger partial charge on any atom is 0.120 e. The van der Waals surface area contributed by atoms with Crippen LogP contribution in [0.1, 0.15) is 51.6 Å². The maximum absolute atomic E-state index is 9.97. The lowest BCUT2D eigenvalue weighted by molar-refractivity contribution is 0.415. The lowest BCUT2D eigenvalue weighted by Gasteiger charge is -2.32. The first-order valence-electron chi connectivity index (χ1n) is 7.18. The summed E-state index contributed by atoms with van der Waals surface area (Å²) in [5.41, 5.74) is 1.01. The minimum Gasteiger partial charge on any atom is -0.508 e. The Morgan fingerprint density at radius 2 is 1.84 bits per heavy atom. The zero-order valence-electron chi connectivity index (χ0n) is 12.6. The molecule has 19 heavy (non-hydrogen) atoms. The summed E-state index contributed by atoms with van der Waals surface area (Å²) in [4.78, 5) is 0. The van der Waals surface area contributed by atoms with Crippen LogP contribution in [0.25, 0.3) is 0 Å². The van der Waals surface area contributed by atoms with Crippen LogP contribution in [0.4, 0.5) is 0 Å². The average molecular weight is 281 g/mol. The summed E-state index contributed by atoms with van der Waals surface area (Å²) in [6.45, 7) is 7.64. The van der Waals surface area contributed by atoms with Crippen LogP contribution >= 0.6 is 11.8 Å². The summed E-state index contributed by atoms with van der Waals surface area (Å²) < 4.78 is 0.303. The first kappa shape index (κ1) is 16.4. The van der Waals surface area contributed by atoms with Gasteiger partial charge in [0.05, 0.1) is 0 Å². The van der Waals surface area contributed by atoms with Crippen LogP contribution in [-0.4, -0.2) is 22.7 Å². The van der Waals surface area contributed by atoms with Crippen LogP contribution in [0.3, 0.4) is 0 Å². The van der Waals surface area contributed by atoms with Gasteiger partial charge in [0.2, 0.25) is 0 Å². The van der Waals surface area contributed by atoms with E-state index in [1.54, 1.807) is 6.07 Å². The molecule has 0 fully saturated rings. The van der Waals surface area contributed by atoms with E-state index in [2.05, 4.69) is 32.3 Å². The number of phenols is 1. The molecule has 1 aromatic carbocycles. The number of thioether (sulfide) groups is 1. The van der Waals surface area contributed by atoms with Crippen molar-refractivity contribution < 1.29 is 5.11 Å². The number of rotatable bonds is 8. The average Bonchev–Trinajstić information content (AvgIpc) is 2.46. The summed E-state index contributed by atoms with van der Waals surface area (Å²) in [5, 5.41) is 13.6. The van der Waals surface area contributed by atoms with Crippen molar-refractivity contribution in [2.45, 2.75) is 50.8 Å². The van der Waals surface area contributed by atoms with E-state index in [1.165, 1.54) is 0 Å². The summed E-state index contributed by atoms with van der Waals surface area (Å²) >= 11 is 1.94. The van der Waals surface area contributed by atoms with E-state index in [4.69, 9.17) is 0 Å².